The molecular weight excluding hydrogens is 415 g/mol. The SMILES string of the molecule is CCc1nc2c(c3c1C(c1ccc(C(F)(F)F)cc1)OC31CCCC1)C(O)CC(C)(C)C2. The van der Waals surface area contributed by atoms with E-state index in [0.29, 0.717) is 18.4 Å². The summed E-state index contributed by atoms with van der Waals surface area (Å²) < 4.78 is 46.1. The van der Waals surface area contributed by atoms with Gasteiger partial charge in [-0.2, -0.15) is 13.2 Å². The number of halogens is 3. The molecule has 5 rings (SSSR count). The lowest BCUT2D eigenvalue weighted by Gasteiger charge is -2.37. The quantitative estimate of drug-likeness (QED) is 0.569. The lowest BCUT2D eigenvalue weighted by Crippen LogP contribution is -2.31. The van der Waals surface area contributed by atoms with Crippen molar-refractivity contribution in [2.45, 2.75) is 89.7 Å². The van der Waals surface area contributed by atoms with Crippen molar-refractivity contribution >= 4 is 0 Å². The molecule has 0 bridgehead atoms. The number of ether oxygens (including phenoxy) is 1. The maximum absolute atomic E-state index is 13.1. The van der Waals surface area contributed by atoms with E-state index >= 15 is 0 Å². The highest BCUT2D eigenvalue weighted by Gasteiger charge is 2.52. The van der Waals surface area contributed by atoms with E-state index in [-0.39, 0.29) is 5.41 Å². The Morgan fingerprint density at radius 1 is 1.09 bits per heavy atom. The first-order valence-corrected chi connectivity index (χ1v) is 11.6. The molecule has 2 aliphatic carbocycles. The molecule has 2 heterocycles. The van der Waals surface area contributed by atoms with Crippen molar-refractivity contribution in [3.05, 3.63) is 63.5 Å². The van der Waals surface area contributed by atoms with Gasteiger partial charge < -0.3 is 9.84 Å². The van der Waals surface area contributed by atoms with E-state index in [4.69, 9.17) is 9.72 Å². The van der Waals surface area contributed by atoms with E-state index in [1.54, 1.807) is 0 Å². The highest BCUT2D eigenvalue weighted by atomic mass is 19.4. The minimum Gasteiger partial charge on any atom is -0.388 e. The lowest BCUT2D eigenvalue weighted by atomic mass is 9.71. The molecule has 0 saturated heterocycles. The zero-order valence-electron chi connectivity index (χ0n) is 18.9. The fraction of sp³-hybridized carbons (Fsp3) is 0.577. The molecule has 1 saturated carbocycles. The molecule has 6 heteroatoms. The van der Waals surface area contributed by atoms with E-state index in [0.717, 1.165) is 72.3 Å². The summed E-state index contributed by atoms with van der Waals surface area (Å²) in [6.45, 7) is 6.38. The number of alkyl halides is 3. The Bertz CT molecular complexity index is 1040. The number of rotatable bonds is 2. The van der Waals surface area contributed by atoms with Gasteiger partial charge in [-0.3, -0.25) is 4.98 Å². The fourth-order valence-corrected chi connectivity index (χ4v) is 6.14. The molecular formula is C26H30F3NO2. The first-order valence-electron chi connectivity index (χ1n) is 11.6. The van der Waals surface area contributed by atoms with Crippen LogP contribution >= 0.6 is 0 Å². The molecule has 1 aromatic carbocycles. The summed E-state index contributed by atoms with van der Waals surface area (Å²) in [5, 5.41) is 11.2. The largest absolute Gasteiger partial charge is 0.416 e. The number of aliphatic hydroxyl groups is 1. The van der Waals surface area contributed by atoms with Crippen molar-refractivity contribution in [3.63, 3.8) is 0 Å². The van der Waals surface area contributed by atoms with E-state index in [1.807, 2.05) is 0 Å². The van der Waals surface area contributed by atoms with Crippen LogP contribution in [0.25, 0.3) is 0 Å². The van der Waals surface area contributed by atoms with Crippen LogP contribution in [-0.2, 0) is 29.4 Å². The van der Waals surface area contributed by atoms with Crippen LogP contribution in [0.4, 0.5) is 13.2 Å². The van der Waals surface area contributed by atoms with Crippen LogP contribution in [0.15, 0.2) is 24.3 Å². The second-order valence-corrected chi connectivity index (χ2v) is 10.4. The number of hydrogen-bond donors (Lipinski definition) is 1. The summed E-state index contributed by atoms with van der Waals surface area (Å²) in [7, 11) is 0. The number of benzene rings is 1. The molecule has 1 spiro atoms. The Balaban J connectivity index is 1.70. The summed E-state index contributed by atoms with van der Waals surface area (Å²) >= 11 is 0. The standard InChI is InChI=1S/C26H30F3NO2/c1-4-17-21-22(20-18(30-17)13-24(2,3)14-19(20)31)25(11-5-6-12-25)32-23(21)15-7-9-16(10-8-15)26(27,28)29/h7-10,19,23,31H,4-6,11-14H2,1-3H3. The number of hydrogen-bond acceptors (Lipinski definition) is 3. The average Bonchev–Trinajstić information content (AvgIpc) is 3.31. The second kappa shape index (κ2) is 7.29. The topological polar surface area (TPSA) is 42.4 Å². The third kappa shape index (κ3) is 3.38. The van der Waals surface area contributed by atoms with Gasteiger partial charge in [-0.1, -0.05) is 45.7 Å². The van der Waals surface area contributed by atoms with Crippen LogP contribution in [0.5, 0.6) is 0 Å². The number of aromatic nitrogens is 1. The third-order valence-electron chi connectivity index (χ3n) is 7.50. The molecule has 172 valence electrons. The number of aliphatic hydroxyl groups excluding tert-OH is 1. The zero-order valence-corrected chi connectivity index (χ0v) is 18.9. The smallest absolute Gasteiger partial charge is 0.388 e. The predicted molar refractivity (Wildman–Crippen MR) is 115 cm³/mol. The number of aryl methyl sites for hydroxylation is 1. The van der Waals surface area contributed by atoms with Gasteiger partial charge >= 0.3 is 6.18 Å². The van der Waals surface area contributed by atoms with Gasteiger partial charge in [-0.05, 0) is 60.8 Å². The molecule has 1 aromatic heterocycles. The predicted octanol–water partition coefficient (Wildman–Crippen LogP) is 6.56. The number of pyridine rings is 1. The van der Waals surface area contributed by atoms with Crippen molar-refractivity contribution in [3.8, 4) is 0 Å². The van der Waals surface area contributed by atoms with Gasteiger partial charge in [0.1, 0.15) is 6.10 Å². The van der Waals surface area contributed by atoms with Crippen LogP contribution in [0, 0.1) is 5.41 Å². The van der Waals surface area contributed by atoms with E-state index in [2.05, 4.69) is 20.8 Å². The minimum atomic E-state index is -4.37. The number of nitrogens with zero attached hydrogens (tertiary/aromatic N) is 1. The summed E-state index contributed by atoms with van der Waals surface area (Å²) in [6, 6.07) is 5.33. The second-order valence-electron chi connectivity index (χ2n) is 10.4. The third-order valence-corrected chi connectivity index (χ3v) is 7.50. The normalized spacial score (nSPS) is 25.7. The van der Waals surface area contributed by atoms with Crippen molar-refractivity contribution in [2.75, 3.05) is 0 Å². The molecule has 1 N–H and O–H groups in total. The first-order chi connectivity index (χ1) is 15.0. The van der Waals surface area contributed by atoms with Gasteiger partial charge in [-0.15, -0.1) is 0 Å². The van der Waals surface area contributed by atoms with Crippen LogP contribution in [0.3, 0.4) is 0 Å². The minimum absolute atomic E-state index is 0.0339. The Labute approximate surface area is 187 Å². The van der Waals surface area contributed by atoms with Crippen LogP contribution in [0.1, 0.15) is 104 Å². The molecule has 3 aliphatic rings. The maximum Gasteiger partial charge on any atom is 0.416 e. The summed E-state index contributed by atoms with van der Waals surface area (Å²) in [6.07, 6.45) is 0.572. The molecule has 3 nitrogen and oxygen atoms in total. The monoisotopic (exact) mass is 445 g/mol. The van der Waals surface area contributed by atoms with Gasteiger partial charge in [-0.25, -0.2) is 0 Å². The van der Waals surface area contributed by atoms with Crippen LogP contribution in [-0.4, -0.2) is 10.1 Å². The Morgan fingerprint density at radius 2 is 1.75 bits per heavy atom. The molecule has 2 aromatic rings. The van der Waals surface area contributed by atoms with Crippen molar-refractivity contribution < 1.29 is 23.0 Å². The van der Waals surface area contributed by atoms with E-state index in [9.17, 15) is 18.3 Å². The lowest BCUT2D eigenvalue weighted by molar-refractivity contribution is -0.137. The molecule has 32 heavy (non-hydrogen) atoms. The summed E-state index contributed by atoms with van der Waals surface area (Å²) in [4.78, 5) is 5.02. The van der Waals surface area contributed by atoms with Crippen LogP contribution in [0.2, 0.25) is 0 Å². The van der Waals surface area contributed by atoms with Crippen molar-refractivity contribution in [1.29, 1.82) is 0 Å². The Hall–Kier alpha value is -1.92. The maximum atomic E-state index is 13.1. The molecule has 2 unspecified atom stereocenters. The van der Waals surface area contributed by atoms with Crippen molar-refractivity contribution in [1.82, 2.24) is 4.98 Å². The Kier molecular flexibility index (Phi) is 4.99. The average molecular weight is 446 g/mol. The summed E-state index contributed by atoms with van der Waals surface area (Å²) in [5.41, 5.74) is 4.43. The Morgan fingerprint density at radius 3 is 2.34 bits per heavy atom. The first kappa shape index (κ1) is 21.9. The zero-order chi connectivity index (χ0) is 22.9. The molecule has 2 atom stereocenters. The highest BCUT2D eigenvalue weighted by molar-refractivity contribution is 5.54. The van der Waals surface area contributed by atoms with Crippen molar-refractivity contribution in [2.24, 2.45) is 5.41 Å². The van der Waals surface area contributed by atoms with Gasteiger partial charge in [0.15, 0.2) is 0 Å². The van der Waals surface area contributed by atoms with Gasteiger partial charge in [0.05, 0.1) is 17.3 Å². The number of fused-ring (bicyclic) bond motifs is 4. The van der Waals surface area contributed by atoms with Gasteiger partial charge in [0.2, 0.25) is 0 Å². The molecule has 1 aliphatic heterocycles. The van der Waals surface area contributed by atoms with Gasteiger partial charge in [0, 0.05) is 22.5 Å². The van der Waals surface area contributed by atoms with E-state index < -0.39 is 29.5 Å². The summed E-state index contributed by atoms with van der Waals surface area (Å²) in [5.74, 6) is 0. The molecule has 0 amide bonds. The molecule has 1 fully saturated rings. The fourth-order valence-electron chi connectivity index (χ4n) is 6.14. The van der Waals surface area contributed by atoms with Gasteiger partial charge in [0.25, 0.3) is 0 Å². The highest BCUT2D eigenvalue weighted by Crippen LogP contribution is 2.59. The molecule has 0 radical (unpaired) electrons. The van der Waals surface area contributed by atoms with E-state index in [1.165, 1.54) is 12.1 Å². The van der Waals surface area contributed by atoms with Crippen LogP contribution < -0.4 is 0 Å².